The molecule has 300 valence electrons. The summed E-state index contributed by atoms with van der Waals surface area (Å²) >= 11 is 0. The van der Waals surface area contributed by atoms with Crippen molar-refractivity contribution in [3.8, 4) is 11.3 Å². The van der Waals surface area contributed by atoms with Crippen LogP contribution >= 0.6 is 0 Å². The number of hydrogen-bond acceptors (Lipinski definition) is 7. The molecule has 2 N–H and O–H groups in total. The predicted octanol–water partition coefficient (Wildman–Crippen LogP) is 8.83. The number of rotatable bonds is 15. The van der Waals surface area contributed by atoms with Crippen LogP contribution < -0.4 is 10.0 Å². The lowest BCUT2D eigenvalue weighted by Crippen LogP contribution is -2.46. The number of aryl methyl sites for hydroxylation is 2. The molecule has 11 heteroatoms. The zero-order valence-electron chi connectivity index (χ0n) is 35.3. The highest BCUT2D eigenvalue weighted by molar-refractivity contribution is 7.92. The van der Waals surface area contributed by atoms with E-state index in [4.69, 9.17) is 9.72 Å². The van der Waals surface area contributed by atoms with Crippen LogP contribution in [0.2, 0.25) is 0 Å². The highest BCUT2D eigenvalue weighted by Crippen LogP contribution is 2.41. The van der Waals surface area contributed by atoms with Gasteiger partial charge in [0.1, 0.15) is 11.2 Å². The van der Waals surface area contributed by atoms with E-state index in [1.165, 1.54) is 0 Å². The molecule has 2 aromatic carbocycles. The van der Waals surface area contributed by atoms with E-state index in [0.717, 1.165) is 57.1 Å². The zero-order valence-corrected chi connectivity index (χ0v) is 36.1. The van der Waals surface area contributed by atoms with Crippen LogP contribution in [0.15, 0.2) is 54.7 Å². The van der Waals surface area contributed by atoms with E-state index in [9.17, 15) is 18.0 Å². The maximum absolute atomic E-state index is 14.4. The minimum absolute atomic E-state index is 0.0496. The van der Waals surface area contributed by atoms with E-state index in [1.807, 2.05) is 51.7 Å². The standard InChI is InChI=1S/C44H63N5O5S/c1-28(2)26-48(27-29(3)4)41(50)44(11,12)35-23-37-38(32(7)24-45-19-18-33-14-16-36(17-15-33)47-55(13,52)53)39(34-21-30(5)20-31(6)22-34)49(40(37)46-25-35)42(51)54-43(8,9)10/h14-17,20-23,25,28-29,32,45,47H,18-19,24,26-27H2,1-13H3/t32-/m1/s1. The number of hydrogen-bond donors (Lipinski definition) is 2. The van der Waals surface area contributed by atoms with Gasteiger partial charge in [0, 0.05) is 36.9 Å². The van der Waals surface area contributed by atoms with E-state index >= 15 is 0 Å². The Morgan fingerprint density at radius 1 is 0.891 bits per heavy atom. The van der Waals surface area contributed by atoms with Crippen molar-refractivity contribution in [2.75, 3.05) is 37.2 Å². The number of fused-ring (bicyclic) bond motifs is 1. The second kappa shape index (κ2) is 17.3. The first-order valence-electron chi connectivity index (χ1n) is 19.4. The summed E-state index contributed by atoms with van der Waals surface area (Å²) in [5, 5.41) is 4.43. The van der Waals surface area contributed by atoms with Crippen LogP contribution in [0.5, 0.6) is 0 Å². The molecule has 0 radical (unpaired) electrons. The van der Waals surface area contributed by atoms with Crippen LogP contribution in [0, 0.1) is 25.7 Å². The number of carbonyl (C=O) groups excluding carboxylic acids is 2. The van der Waals surface area contributed by atoms with E-state index in [-0.39, 0.29) is 11.8 Å². The van der Waals surface area contributed by atoms with Crippen molar-refractivity contribution in [3.05, 3.63) is 82.5 Å². The van der Waals surface area contributed by atoms with Gasteiger partial charge in [-0.1, -0.05) is 63.9 Å². The van der Waals surface area contributed by atoms with Gasteiger partial charge in [0.15, 0.2) is 0 Å². The van der Waals surface area contributed by atoms with Gasteiger partial charge in [0.2, 0.25) is 15.9 Å². The number of nitrogens with one attached hydrogen (secondary N) is 2. The molecule has 4 rings (SSSR count). The van der Waals surface area contributed by atoms with Gasteiger partial charge in [-0.2, -0.15) is 0 Å². The summed E-state index contributed by atoms with van der Waals surface area (Å²) in [6.45, 7) is 26.9. The Labute approximate surface area is 329 Å². The first-order valence-corrected chi connectivity index (χ1v) is 21.3. The van der Waals surface area contributed by atoms with Crippen LogP contribution in [0.4, 0.5) is 10.5 Å². The van der Waals surface area contributed by atoms with Crippen LogP contribution in [-0.2, 0) is 31.4 Å². The molecule has 0 aliphatic heterocycles. The van der Waals surface area contributed by atoms with Gasteiger partial charge in [0.25, 0.3) is 0 Å². The first-order chi connectivity index (χ1) is 25.5. The van der Waals surface area contributed by atoms with Crippen molar-refractivity contribution in [2.24, 2.45) is 11.8 Å². The Morgan fingerprint density at radius 3 is 2.00 bits per heavy atom. The lowest BCUT2D eigenvalue weighted by atomic mass is 9.82. The van der Waals surface area contributed by atoms with Crippen molar-refractivity contribution in [2.45, 2.75) is 106 Å². The summed E-state index contributed by atoms with van der Waals surface area (Å²) < 4.78 is 33.4. The third-order valence-electron chi connectivity index (χ3n) is 9.42. The maximum Gasteiger partial charge on any atom is 0.420 e. The van der Waals surface area contributed by atoms with Crippen molar-refractivity contribution in [3.63, 3.8) is 0 Å². The van der Waals surface area contributed by atoms with Gasteiger partial charge in [-0.3, -0.25) is 9.52 Å². The molecule has 0 fully saturated rings. The van der Waals surface area contributed by atoms with Crippen molar-refractivity contribution >= 4 is 38.7 Å². The summed E-state index contributed by atoms with van der Waals surface area (Å²) in [4.78, 5) is 35.6. The summed E-state index contributed by atoms with van der Waals surface area (Å²) in [6.07, 6.45) is 3.11. The minimum atomic E-state index is -3.35. The van der Waals surface area contributed by atoms with E-state index in [0.29, 0.717) is 49.3 Å². The Hall–Kier alpha value is -4.22. The zero-order chi connectivity index (χ0) is 41.0. The van der Waals surface area contributed by atoms with Gasteiger partial charge in [-0.05, 0) is 132 Å². The normalized spacial score (nSPS) is 13.1. The molecular weight excluding hydrogens is 711 g/mol. The minimum Gasteiger partial charge on any atom is -0.443 e. The van der Waals surface area contributed by atoms with Crippen LogP contribution in [0.25, 0.3) is 22.3 Å². The average Bonchev–Trinajstić information content (AvgIpc) is 3.39. The third kappa shape index (κ3) is 11.4. The summed E-state index contributed by atoms with van der Waals surface area (Å²) in [7, 11) is -3.35. The number of aromatic nitrogens is 2. The third-order valence-corrected chi connectivity index (χ3v) is 10.0. The molecule has 0 unspecified atom stereocenters. The first kappa shape index (κ1) is 43.5. The molecule has 0 bridgehead atoms. The molecule has 2 heterocycles. The number of carbonyl (C=O) groups is 2. The molecule has 1 atom stereocenters. The molecule has 0 saturated carbocycles. The summed E-state index contributed by atoms with van der Waals surface area (Å²) in [5.74, 6) is 0.600. The Bertz CT molecular complexity index is 2060. The fourth-order valence-electron chi connectivity index (χ4n) is 7.16. The molecule has 2 aromatic heterocycles. The highest BCUT2D eigenvalue weighted by atomic mass is 32.2. The van der Waals surface area contributed by atoms with E-state index in [2.05, 4.69) is 82.8 Å². The topological polar surface area (TPSA) is 123 Å². The van der Waals surface area contributed by atoms with Crippen LogP contribution in [0.3, 0.4) is 0 Å². The van der Waals surface area contributed by atoms with Crippen molar-refractivity contribution in [1.82, 2.24) is 19.8 Å². The molecule has 0 aliphatic rings. The monoisotopic (exact) mass is 773 g/mol. The molecule has 0 spiro atoms. The lowest BCUT2D eigenvalue weighted by molar-refractivity contribution is -0.137. The average molecular weight is 774 g/mol. The second-order valence-corrected chi connectivity index (χ2v) is 19.3. The van der Waals surface area contributed by atoms with Gasteiger partial charge in [-0.15, -0.1) is 0 Å². The van der Waals surface area contributed by atoms with Gasteiger partial charge in [0.05, 0.1) is 17.4 Å². The Morgan fingerprint density at radius 2 is 1.47 bits per heavy atom. The smallest absolute Gasteiger partial charge is 0.420 e. The van der Waals surface area contributed by atoms with Crippen LogP contribution in [-0.4, -0.2) is 72.9 Å². The molecule has 4 aromatic rings. The largest absolute Gasteiger partial charge is 0.443 e. The number of anilines is 1. The number of sulfonamides is 1. The quantitative estimate of drug-likeness (QED) is 0.116. The molecular formula is C44H63N5O5S. The molecule has 0 aliphatic carbocycles. The Balaban J connectivity index is 1.84. The highest BCUT2D eigenvalue weighted by Gasteiger charge is 2.37. The lowest BCUT2D eigenvalue weighted by Gasteiger charge is -2.34. The van der Waals surface area contributed by atoms with E-state index in [1.54, 1.807) is 22.9 Å². The number of nitrogens with zero attached hydrogens (tertiary/aromatic N) is 3. The fourth-order valence-corrected chi connectivity index (χ4v) is 7.72. The maximum atomic E-state index is 14.4. The van der Waals surface area contributed by atoms with Crippen molar-refractivity contribution < 1.29 is 22.7 Å². The van der Waals surface area contributed by atoms with Gasteiger partial charge < -0.3 is 15.0 Å². The van der Waals surface area contributed by atoms with Gasteiger partial charge >= 0.3 is 6.09 Å². The second-order valence-electron chi connectivity index (χ2n) is 17.6. The fraction of sp³-hybridized carbons (Fsp3) is 0.523. The van der Waals surface area contributed by atoms with Crippen LogP contribution in [0.1, 0.15) is 103 Å². The number of amides is 1. The summed E-state index contributed by atoms with van der Waals surface area (Å²) in [5.41, 5.74) is 5.95. The number of ether oxygens (including phenoxy) is 1. The van der Waals surface area contributed by atoms with Crippen molar-refractivity contribution in [1.29, 1.82) is 0 Å². The SMILES string of the molecule is Cc1cc(C)cc(-c2c([C@H](C)CNCCc3ccc(NS(C)(=O)=O)cc3)c3cc(C(C)(C)C(=O)N(CC(C)C)CC(C)C)cnc3n2C(=O)OC(C)(C)C)c1. The van der Waals surface area contributed by atoms with E-state index < -0.39 is 27.1 Å². The summed E-state index contributed by atoms with van der Waals surface area (Å²) in [6, 6.07) is 15.7. The molecule has 0 saturated heterocycles. The molecule has 10 nitrogen and oxygen atoms in total. The predicted molar refractivity (Wildman–Crippen MR) is 225 cm³/mol. The molecule has 55 heavy (non-hydrogen) atoms. The Kier molecular flexibility index (Phi) is 13.7. The van der Waals surface area contributed by atoms with Gasteiger partial charge in [-0.25, -0.2) is 22.8 Å². The number of benzene rings is 2. The number of pyridine rings is 1. The molecule has 1 amide bonds.